The highest BCUT2D eigenvalue weighted by molar-refractivity contribution is 6.40. The maximum atomic E-state index is 13.1. The van der Waals surface area contributed by atoms with Gasteiger partial charge in [0.2, 0.25) is 11.8 Å². The predicted molar refractivity (Wildman–Crippen MR) is 128 cm³/mol. The van der Waals surface area contributed by atoms with Gasteiger partial charge in [0, 0.05) is 24.8 Å². The molecule has 0 bridgehead atoms. The Morgan fingerprint density at radius 2 is 2.09 bits per heavy atom. The van der Waals surface area contributed by atoms with E-state index in [0.717, 1.165) is 30.8 Å². The number of terminal acetylenes is 1. The summed E-state index contributed by atoms with van der Waals surface area (Å²) in [5.74, 6) is 2.91. The number of benzene rings is 2. The number of rotatable bonds is 4. The summed E-state index contributed by atoms with van der Waals surface area (Å²) in [4.78, 5) is 23.2. The summed E-state index contributed by atoms with van der Waals surface area (Å²) in [5.41, 5.74) is 5.07. The number of hydrogen-bond donors (Lipinski definition) is 2. The summed E-state index contributed by atoms with van der Waals surface area (Å²) in [6.45, 7) is 1.65. The van der Waals surface area contributed by atoms with Gasteiger partial charge in [-0.2, -0.15) is 4.98 Å². The fourth-order valence-corrected chi connectivity index (χ4v) is 4.71. The van der Waals surface area contributed by atoms with Gasteiger partial charge in [0.15, 0.2) is 6.73 Å². The van der Waals surface area contributed by atoms with Crippen LogP contribution >= 0.6 is 23.2 Å². The Labute approximate surface area is 201 Å². The van der Waals surface area contributed by atoms with E-state index in [9.17, 15) is 4.79 Å². The third-order valence-electron chi connectivity index (χ3n) is 5.62. The van der Waals surface area contributed by atoms with Crippen LogP contribution in [0.4, 0.5) is 17.3 Å². The molecule has 33 heavy (non-hydrogen) atoms. The van der Waals surface area contributed by atoms with Crippen LogP contribution in [0.5, 0.6) is 5.88 Å². The number of fused-ring (bicyclic) bond motifs is 2. The Bertz CT molecular complexity index is 1280. The monoisotopic (exact) mass is 479 g/mol. The molecule has 5 rings (SSSR count). The quantitative estimate of drug-likeness (QED) is 0.541. The second-order valence-electron chi connectivity index (χ2n) is 7.70. The number of aromatic nitrogens is 2. The van der Waals surface area contributed by atoms with Crippen LogP contribution in [0.1, 0.15) is 27.0 Å². The minimum absolute atomic E-state index is 0.0669. The minimum atomic E-state index is -0.339. The first-order valence-electron chi connectivity index (χ1n) is 10.4. The average Bonchev–Trinajstić information content (AvgIpc) is 2.80. The van der Waals surface area contributed by atoms with Crippen molar-refractivity contribution >= 4 is 46.4 Å². The summed E-state index contributed by atoms with van der Waals surface area (Å²) >= 11 is 12.5. The summed E-state index contributed by atoms with van der Waals surface area (Å²) in [6.07, 6.45) is 8.52. The van der Waals surface area contributed by atoms with Gasteiger partial charge in [-0.1, -0.05) is 29.3 Å². The maximum absolute atomic E-state index is 13.1. The van der Waals surface area contributed by atoms with Crippen molar-refractivity contribution in [3.05, 3.63) is 68.8 Å². The first-order valence-corrected chi connectivity index (χ1v) is 11.1. The number of nitrogens with zero attached hydrogens (tertiary/aromatic N) is 3. The van der Waals surface area contributed by atoms with Gasteiger partial charge < -0.3 is 15.4 Å². The first kappa shape index (κ1) is 21.5. The lowest BCUT2D eigenvalue weighted by Crippen LogP contribution is -2.39. The lowest BCUT2D eigenvalue weighted by molar-refractivity contribution is 0.0932. The highest BCUT2D eigenvalue weighted by Crippen LogP contribution is 2.37. The Kier molecular flexibility index (Phi) is 5.81. The molecule has 0 saturated heterocycles. The molecule has 0 aliphatic carbocycles. The molecule has 3 heterocycles. The minimum Gasteiger partial charge on any atom is -0.455 e. The molecule has 0 spiro atoms. The van der Waals surface area contributed by atoms with Gasteiger partial charge in [0.05, 0.1) is 15.7 Å². The molecule has 9 heteroatoms. The van der Waals surface area contributed by atoms with Crippen LogP contribution < -0.4 is 20.3 Å². The van der Waals surface area contributed by atoms with Gasteiger partial charge in [-0.25, -0.2) is 4.98 Å². The average molecular weight is 480 g/mol. The van der Waals surface area contributed by atoms with Gasteiger partial charge in [-0.15, -0.1) is 12.3 Å². The van der Waals surface area contributed by atoms with Crippen molar-refractivity contribution < 1.29 is 9.53 Å². The van der Waals surface area contributed by atoms with Crippen molar-refractivity contribution in [3.8, 4) is 18.2 Å². The van der Waals surface area contributed by atoms with E-state index < -0.39 is 0 Å². The smallest absolute Gasteiger partial charge is 0.268 e. The molecular weight excluding hydrogens is 461 g/mol. The number of amides is 1. The number of anilines is 3. The number of halogens is 2. The van der Waals surface area contributed by atoms with Crippen molar-refractivity contribution in [1.29, 1.82) is 0 Å². The van der Waals surface area contributed by atoms with Crippen molar-refractivity contribution in [3.63, 3.8) is 0 Å². The number of hydrogen-bond acceptors (Lipinski definition) is 6. The van der Waals surface area contributed by atoms with E-state index in [2.05, 4.69) is 32.6 Å². The first-order chi connectivity index (χ1) is 16.0. The molecule has 1 aromatic heterocycles. The highest BCUT2D eigenvalue weighted by Gasteiger charge is 2.31. The van der Waals surface area contributed by atoms with E-state index in [1.54, 1.807) is 18.2 Å². The van der Waals surface area contributed by atoms with Crippen LogP contribution in [-0.2, 0) is 19.4 Å². The van der Waals surface area contributed by atoms with Gasteiger partial charge in [0.25, 0.3) is 5.91 Å². The van der Waals surface area contributed by atoms with E-state index >= 15 is 0 Å². The molecule has 0 saturated carbocycles. The van der Waals surface area contributed by atoms with E-state index in [1.165, 1.54) is 22.2 Å². The van der Waals surface area contributed by atoms with Crippen LogP contribution in [0.25, 0.3) is 0 Å². The zero-order valence-corrected chi connectivity index (χ0v) is 19.0. The molecule has 7 nitrogen and oxygen atoms in total. The van der Waals surface area contributed by atoms with Gasteiger partial charge >= 0.3 is 0 Å². The van der Waals surface area contributed by atoms with Crippen LogP contribution in [0.15, 0.2) is 36.5 Å². The van der Waals surface area contributed by atoms with Gasteiger partial charge in [-0.05, 0) is 53.9 Å². The summed E-state index contributed by atoms with van der Waals surface area (Å²) in [5, 5.41) is 7.30. The Morgan fingerprint density at radius 3 is 2.88 bits per heavy atom. The number of para-hydroxylation sites is 1. The Morgan fingerprint density at radius 1 is 1.27 bits per heavy atom. The third-order valence-corrected chi connectivity index (χ3v) is 6.23. The maximum Gasteiger partial charge on any atom is 0.268 e. The molecule has 3 aromatic rings. The molecule has 0 unspecified atom stereocenters. The number of carbonyl (C=O) groups excluding carboxylic acids is 1. The normalized spacial score (nSPS) is 14.7. The summed E-state index contributed by atoms with van der Waals surface area (Å²) < 4.78 is 5.76. The predicted octanol–water partition coefficient (Wildman–Crippen LogP) is 4.35. The Balaban J connectivity index is 1.42. The SMILES string of the molecule is C#CCc1cc(Nc2ncc3c(n2)OCN(c2c(Cl)cccc2Cl)C3=O)cc2c1CCNC2. The molecular formula is C24H19Cl2N5O2. The van der Waals surface area contributed by atoms with E-state index in [1.807, 2.05) is 6.07 Å². The topological polar surface area (TPSA) is 79.4 Å². The molecule has 166 valence electrons. The standard InChI is InChI=1S/C24H19Cl2N5O2/c1-2-4-14-9-16(10-15-11-27-8-7-17(14)15)29-24-28-12-18-22(30-24)33-13-31(23(18)32)21-19(25)5-3-6-20(21)26/h1,3,5-6,9-10,12,27H,4,7-8,11,13H2,(H,28,29,30). The van der Waals surface area contributed by atoms with Crippen molar-refractivity contribution in [2.75, 3.05) is 23.5 Å². The number of carbonyl (C=O) groups is 1. The Hall–Kier alpha value is -3.31. The molecule has 2 N–H and O–H groups in total. The number of nitrogens with one attached hydrogen (secondary N) is 2. The summed E-state index contributed by atoms with van der Waals surface area (Å²) in [7, 11) is 0. The van der Waals surface area contributed by atoms with E-state index in [-0.39, 0.29) is 24.1 Å². The molecule has 0 fully saturated rings. The lowest BCUT2D eigenvalue weighted by atomic mass is 9.93. The van der Waals surface area contributed by atoms with Gasteiger partial charge in [-0.3, -0.25) is 9.69 Å². The zero-order chi connectivity index (χ0) is 22.9. The molecule has 2 aromatic carbocycles. The molecule has 2 aliphatic rings. The van der Waals surface area contributed by atoms with Crippen LogP contribution in [0, 0.1) is 12.3 Å². The lowest BCUT2D eigenvalue weighted by Gasteiger charge is -2.29. The molecule has 2 aliphatic heterocycles. The molecule has 1 amide bonds. The van der Waals surface area contributed by atoms with Crippen molar-refractivity contribution in [2.45, 2.75) is 19.4 Å². The second-order valence-corrected chi connectivity index (χ2v) is 8.51. The second kappa shape index (κ2) is 8.91. The molecule has 0 radical (unpaired) electrons. The van der Waals surface area contributed by atoms with Crippen molar-refractivity contribution in [1.82, 2.24) is 15.3 Å². The largest absolute Gasteiger partial charge is 0.455 e. The summed E-state index contributed by atoms with van der Waals surface area (Å²) in [6, 6.07) is 9.14. The van der Waals surface area contributed by atoms with Crippen LogP contribution in [-0.4, -0.2) is 29.2 Å². The van der Waals surface area contributed by atoms with Gasteiger partial charge in [0.1, 0.15) is 5.56 Å². The zero-order valence-electron chi connectivity index (χ0n) is 17.5. The highest BCUT2D eigenvalue weighted by atomic mass is 35.5. The van der Waals surface area contributed by atoms with Crippen LogP contribution in [0.3, 0.4) is 0 Å². The van der Waals surface area contributed by atoms with Crippen molar-refractivity contribution in [2.24, 2.45) is 0 Å². The van der Waals surface area contributed by atoms with Crippen LogP contribution in [0.2, 0.25) is 10.0 Å². The van der Waals surface area contributed by atoms with E-state index in [4.69, 9.17) is 34.4 Å². The number of ether oxygens (including phenoxy) is 1. The fourth-order valence-electron chi connectivity index (χ4n) is 4.11. The molecule has 0 atom stereocenters. The van der Waals surface area contributed by atoms with E-state index in [0.29, 0.717) is 28.1 Å². The third kappa shape index (κ3) is 4.09. The fraction of sp³-hybridized carbons (Fsp3) is 0.208.